The van der Waals surface area contributed by atoms with E-state index in [1.54, 1.807) is 13.3 Å². The average Bonchev–Trinajstić information content (AvgIpc) is 2.74. The first-order valence-corrected chi connectivity index (χ1v) is 9.39. The molecule has 1 amide bonds. The smallest absolute Gasteiger partial charge is 0.277 e. The zero-order chi connectivity index (χ0) is 19.8. The highest BCUT2D eigenvalue weighted by atomic mass is 79.9. The molecule has 1 N–H and O–H groups in total. The fraction of sp³-hybridized carbons (Fsp3) is 0.0909. The fourth-order valence-electron chi connectivity index (χ4n) is 2.48. The minimum atomic E-state index is -0.345. The molecule has 0 heterocycles. The molecule has 0 aromatic heterocycles. The Morgan fingerprint density at radius 3 is 2.39 bits per heavy atom. The number of hydrogen-bond acceptors (Lipinski definition) is 4. The Balaban J connectivity index is 1.50. The number of hydrazone groups is 1. The molecular formula is C22H19BrN2O3. The Labute approximate surface area is 172 Å². The Morgan fingerprint density at radius 1 is 1.00 bits per heavy atom. The van der Waals surface area contributed by atoms with Gasteiger partial charge < -0.3 is 9.47 Å². The van der Waals surface area contributed by atoms with Crippen molar-refractivity contribution in [3.63, 3.8) is 0 Å². The third kappa shape index (κ3) is 5.44. The normalized spacial score (nSPS) is 10.6. The van der Waals surface area contributed by atoms with Gasteiger partial charge >= 0.3 is 0 Å². The number of rotatable bonds is 7. The summed E-state index contributed by atoms with van der Waals surface area (Å²) in [5.41, 5.74) is 5.45. The maximum atomic E-state index is 11.9. The van der Waals surface area contributed by atoms with Gasteiger partial charge in [0.25, 0.3) is 5.91 Å². The first-order chi connectivity index (χ1) is 13.7. The predicted molar refractivity (Wildman–Crippen MR) is 114 cm³/mol. The van der Waals surface area contributed by atoms with Crippen LogP contribution in [0.2, 0.25) is 0 Å². The molecule has 5 nitrogen and oxygen atoms in total. The molecule has 3 rings (SSSR count). The number of nitrogens with one attached hydrogen (secondary N) is 1. The summed E-state index contributed by atoms with van der Waals surface area (Å²) in [6.07, 6.45) is 1.54. The number of nitrogens with zero attached hydrogens (tertiary/aromatic N) is 1. The fourth-order valence-corrected chi connectivity index (χ4v) is 2.83. The van der Waals surface area contributed by atoms with Crippen molar-refractivity contribution < 1.29 is 14.3 Å². The van der Waals surface area contributed by atoms with Gasteiger partial charge in [0.05, 0.1) is 13.3 Å². The molecule has 0 aliphatic carbocycles. The molecule has 3 aromatic rings. The lowest BCUT2D eigenvalue weighted by Gasteiger charge is -2.07. The zero-order valence-corrected chi connectivity index (χ0v) is 16.8. The first kappa shape index (κ1) is 19.6. The second-order valence-electron chi connectivity index (χ2n) is 5.86. The lowest BCUT2D eigenvalue weighted by molar-refractivity contribution is -0.123. The van der Waals surface area contributed by atoms with E-state index in [2.05, 4.69) is 26.5 Å². The summed E-state index contributed by atoms with van der Waals surface area (Å²) < 4.78 is 11.5. The number of halogens is 1. The van der Waals surface area contributed by atoms with E-state index in [0.717, 1.165) is 21.2 Å². The van der Waals surface area contributed by atoms with E-state index in [4.69, 9.17) is 9.47 Å². The molecule has 0 aliphatic rings. The molecule has 0 atom stereocenters. The summed E-state index contributed by atoms with van der Waals surface area (Å²) in [4.78, 5) is 11.9. The van der Waals surface area contributed by atoms with Gasteiger partial charge in [0.2, 0.25) is 0 Å². The quantitative estimate of drug-likeness (QED) is 0.431. The number of ether oxygens (including phenoxy) is 2. The highest BCUT2D eigenvalue weighted by Crippen LogP contribution is 2.22. The van der Waals surface area contributed by atoms with Gasteiger partial charge in [-0.3, -0.25) is 4.79 Å². The largest absolute Gasteiger partial charge is 0.497 e. The maximum absolute atomic E-state index is 11.9. The van der Waals surface area contributed by atoms with Gasteiger partial charge in [0.1, 0.15) is 11.5 Å². The number of hydrogen-bond donors (Lipinski definition) is 1. The van der Waals surface area contributed by atoms with Crippen LogP contribution in [0.1, 0.15) is 5.56 Å². The van der Waals surface area contributed by atoms with Gasteiger partial charge in [-0.2, -0.15) is 5.10 Å². The Bertz CT molecular complexity index is 957. The molecule has 0 saturated heterocycles. The molecule has 0 saturated carbocycles. The number of carbonyl (C=O) groups excluding carboxylic acids is 1. The van der Waals surface area contributed by atoms with Crippen LogP contribution in [0.15, 0.2) is 82.4 Å². The number of carbonyl (C=O) groups is 1. The van der Waals surface area contributed by atoms with Crippen LogP contribution in [0.3, 0.4) is 0 Å². The molecule has 0 fully saturated rings. The van der Waals surface area contributed by atoms with E-state index < -0.39 is 0 Å². The lowest BCUT2D eigenvalue weighted by Crippen LogP contribution is -2.24. The SMILES string of the molecule is COc1ccc(Br)c(C=NNC(=O)COc2ccc(-c3ccccc3)cc2)c1. The second kappa shape index (κ2) is 9.71. The molecule has 3 aromatic carbocycles. The van der Waals surface area contributed by atoms with Crippen molar-refractivity contribution in [1.29, 1.82) is 0 Å². The van der Waals surface area contributed by atoms with E-state index in [9.17, 15) is 4.79 Å². The third-order valence-electron chi connectivity index (χ3n) is 3.93. The summed E-state index contributed by atoms with van der Waals surface area (Å²) in [6, 6.07) is 23.1. The van der Waals surface area contributed by atoms with Crippen molar-refractivity contribution in [1.82, 2.24) is 5.43 Å². The molecule has 0 unspecified atom stereocenters. The Kier molecular flexibility index (Phi) is 6.81. The van der Waals surface area contributed by atoms with E-state index in [0.29, 0.717) is 11.5 Å². The monoisotopic (exact) mass is 438 g/mol. The van der Waals surface area contributed by atoms with Crippen LogP contribution in [0.4, 0.5) is 0 Å². The number of methoxy groups -OCH3 is 1. The highest BCUT2D eigenvalue weighted by Gasteiger charge is 2.03. The topological polar surface area (TPSA) is 59.9 Å². The van der Waals surface area contributed by atoms with Crippen LogP contribution in [0, 0.1) is 0 Å². The average molecular weight is 439 g/mol. The van der Waals surface area contributed by atoms with Crippen LogP contribution in [-0.4, -0.2) is 25.8 Å². The van der Waals surface area contributed by atoms with Crippen molar-refractivity contribution >= 4 is 28.1 Å². The summed E-state index contributed by atoms with van der Waals surface area (Å²) in [7, 11) is 1.59. The number of amides is 1. The molecule has 0 radical (unpaired) electrons. The highest BCUT2D eigenvalue weighted by molar-refractivity contribution is 9.10. The van der Waals surface area contributed by atoms with Gasteiger partial charge in [-0.25, -0.2) is 5.43 Å². The van der Waals surface area contributed by atoms with Gasteiger partial charge in [0, 0.05) is 10.0 Å². The van der Waals surface area contributed by atoms with Gasteiger partial charge in [-0.05, 0) is 41.5 Å². The lowest BCUT2D eigenvalue weighted by atomic mass is 10.1. The second-order valence-corrected chi connectivity index (χ2v) is 6.71. The van der Waals surface area contributed by atoms with E-state index in [-0.39, 0.29) is 12.5 Å². The maximum Gasteiger partial charge on any atom is 0.277 e. The molecule has 142 valence electrons. The van der Waals surface area contributed by atoms with E-state index in [1.165, 1.54) is 0 Å². The Hall–Kier alpha value is -3.12. The third-order valence-corrected chi connectivity index (χ3v) is 4.65. The van der Waals surface area contributed by atoms with E-state index >= 15 is 0 Å². The molecule has 28 heavy (non-hydrogen) atoms. The summed E-state index contributed by atoms with van der Waals surface area (Å²) in [5, 5.41) is 3.95. The van der Waals surface area contributed by atoms with Crippen LogP contribution in [0.25, 0.3) is 11.1 Å². The summed E-state index contributed by atoms with van der Waals surface area (Å²) >= 11 is 3.43. The first-order valence-electron chi connectivity index (χ1n) is 8.59. The van der Waals surface area contributed by atoms with Crippen molar-refractivity contribution in [2.45, 2.75) is 0 Å². The van der Waals surface area contributed by atoms with E-state index in [1.807, 2.05) is 72.8 Å². The van der Waals surface area contributed by atoms with Gasteiger partial charge in [-0.15, -0.1) is 0 Å². The van der Waals surface area contributed by atoms with Crippen molar-refractivity contribution in [3.05, 3.63) is 82.8 Å². The Morgan fingerprint density at radius 2 is 1.68 bits per heavy atom. The standard InChI is InChI=1S/C22H19BrN2O3/c1-27-20-11-12-21(23)18(13-20)14-24-25-22(26)15-28-19-9-7-17(8-10-19)16-5-3-2-4-6-16/h2-14H,15H2,1H3,(H,25,26). The van der Waals surface area contributed by atoms with Crippen LogP contribution in [0.5, 0.6) is 11.5 Å². The molecular weight excluding hydrogens is 420 g/mol. The van der Waals surface area contributed by atoms with Crippen LogP contribution >= 0.6 is 15.9 Å². The number of benzene rings is 3. The molecule has 0 spiro atoms. The van der Waals surface area contributed by atoms with Crippen LogP contribution < -0.4 is 14.9 Å². The minimum absolute atomic E-state index is 0.124. The van der Waals surface area contributed by atoms with Crippen molar-refractivity contribution in [2.75, 3.05) is 13.7 Å². The molecule has 0 bridgehead atoms. The minimum Gasteiger partial charge on any atom is -0.497 e. The molecule has 0 aliphatic heterocycles. The van der Waals surface area contributed by atoms with Crippen molar-refractivity contribution in [2.24, 2.45) is 5.10 Å². The summed E-state index contributed by atoms with van der Waals surface area (Å²) in [6.45, 7) is -0.124. The van der Waals surface area contributed by atoms with Crippen molar-refractivity contribution in [3.8, 4) is 22.6 Å². The predicted octanol–water partition coefficient (Wildman–Crippen LogP) is 4.65. The molecule has 6 heteroatoms. The van der Waals surface area contributed by atoms with Crippen LogP contribution in [-0.2, 0) is 4.79 Å². The van der Waals surface area contributed by atoms with Gasteiger partial charge in [-0.1, -0.05) is 58.4 Å². The summed E-state index contributed by atoms with van der Waals surface area (Å²) in [5.74, 6) is 0.981. The van der Waals surface area contributed by atoms with Gasteiger partial charge in [0.15, 0.2) is 6.61 Å². The zero-order valence-electron chi connectivity index (χ0n) is 15.3.